The van der Waals surface area contributed by atoms with Gasteiger partial charge < -0.3 is 10.8 Å². The number of carboxylic acids is 1. The van der Waals surface area contributed by atoms with Gasteiger partial charge >= 0.3 is 5.97 Å². The molecule has 0 saturated heterocycles. The van der Waals surface area contributed by atoms with Crippen LogP contribution in [0.1, 0.15) is 15.9 Å². The smallest absolute Gasteiger partial charge is 0.337 e. The Balaban J connectivity index is 3.16. The standard InChI is InChI=1S/C9H7N3O2/c10-3-1-2-6-4-7(9(13)14)5-12-8(6)11/h1-2,4-5H,(H2,11,12)(H,13,14). The molecule has 0 spiro atoms. The maximum absolute atomic E-state index is 10.6. The monoisotopic (exact) mass is 189 g/mol. The number of nitrogen functional groups attached to an aromatic ring is 1. The third-order valence-electron chi connectivity index (χ3n) is 1.53. The van der Waals surface area contributed by atoms with Crippen LogP contribution in [0.4, 0.5) is 5.82 Å². The van der Waals surface area contributed by atoms with Crippen LogP contribution >= 0.6 is 0 Å². The fourth-order valence-electron chi connectivity index (χ4n) is 0.870. The van der Waals surface area contributed by atoms with Gasteiger partial charge in [0.1, 0.15) is 5.82 Å². The molecule has 0 aliphatic rings. The van der Waals surface area contributed by atoms with Crippen molar-refractivity contribution >= 4 is 17.9 Å². The van der Waals surface area contributed by atoms with E-state index in [4.69, 9.17) is 16.1 Å². The second kappa shape index (κ2) is 4.05. The lowest BCUT2D eigenvalue weighted by Gasteiger charge is -1.99. The van der Waals surface area contributed by atoms with Crippen molar-refractivity contribution in [2.24, 2.45) is 0 Å². The predicted molar refractivity (Wildman–Crippen MR) is 50.3 cm³/mol. The van der Waals surface area contributed by atoms with E-state index < -0.39 is 5.97 Å². The fourth-order valence-corrected chi connectivity index (χ4v) is 0.870. The number of allylic oxidation sites excluding steroid dienone is 1. The van der Waals surface area contributed by atoms with Crippen LogP contribution in [-0.4, -0.2) is 16.1 Å². The van der Waals surface area contributed by atoms with E-state index in [1.165, 1.54) is 24.4 Å². The number of rotatable bonds is 2. The summed E-state index contributed by atoms with van der Waals surface area (Å²) >= 11 is 0. The molecule has 1 aromatic rings. The molecule has 0 saturated carbocycles. The average Bonchev–Trinajstić information content (AvgIpc) is 2.16. The molecule has 0 atom stereocenters. The topological polar surface area (TPSA) is 100 Å². The molecule has 0 amide bonds. The van der Waals surface area contributed by atoms with Gasteiger partial charge in [0.2, 0.25) is 0 Å². The number of nitrogens with two attached hydrogens (primary N) is 1. The summed E-state index contributed by atoms with van der Waals surface area (Å²) in [7, 11) is 0. The first kappa shape index (κ1) is 9.74. The van der Waals surface area contributed by atoms with E-state index in [-0.39, 0.29) is 11.4 Å². The van der Waals surface area contributed by atoms with Gasteiger partial charge in [0.25, 0.3) is 0 Å². The number of carbonyl (C=O) groups is 1. The summed E-state index contributed by atoms with van der Waals surface area (Å²) in [5.41, 5.74) is 5.93. The Hall–Kier alpha value is -2.35. The van der Waals surface area contributed by atoms with Crippen LogP contribution in [0.3, 0.4) is 0 Å². The molecule has 1 rings (SSSR count). The van der Waals surface area contributed by atoms with E-state index in [0.29, 0.717) is 5.56 Å². The van der Waals surface area contributed by atoms with Crippen molar-refractivity contribution in [2.75, 3.05) is 5.73 Å². The SMILES string of the molecule is N#CC=Cc1cc(C(=O)O)cnc1N. The van der Waals surface area contributed by atoms with E-state index in [1.54, 1.807) is 6.07 Å². The minimum absolute atomic E-state index is 0.0387. The van der Waals surface area contributed by atoms with E-state index in [2.05, 4.69) is 4.98 Å². The highest BCUT2D eigenvalue weighted by Gasteiger charge is 2.05. The molecular weight excluding hydrogens is 182 g/mol. The van der Waals surface area contributed by atoms with E-state index in [9.17, 15) is 4.79 Å². The van der Waals surface area contributed by atoms with Crippen molar-refractivity contribution in [3.8, 4) is 6.07 Å². The molecule has 1 aromatic heterocycles. The molecule has 5 nitrogen and oxygen atoms in total. The zero-order valence-corrected chi connectivity index (χ0v) is 7.14. The fraction of sp³-hybridized carbons (Fsp3) is 0. The Morgan fingerprint density at radius 2 is 2.43 bits per heavy atom. The largest absolute Gasteiger partial charge is 0.478 e. The molecule has 0 aromatic carbocycles. The van der Waals surface area contributed by atoms with Gasteiger partial charge in [-0.15, -0.1) is 0 Å². The summed E-state index contributed by atoms with van der Waals surface area (Å²) in [5, 5.41) is 16.9. The van der Waals surface area contributed by atoms with Crippen molar-refractivity contribution in [1.29, 1.82) is 5.26 Å². The minimum Gasteiger partial charge on any atom is -0.478 e. The van der Waals surface area contributed by atoms with Crippen molar-refractivity contribution in [3.05, 3.63) is 29.5 Å². The van der Waals surface area contributed by atoms with Crippen molar-refractivity contribution in [1.82, 2.24) is 4.98 Å². The molecule has 70 valence electrons. The number of nitriles is 1. The van der Waals surface area contributed by atoms with E-state index >= 15 is 0 Å². The summed E-state index contributed by atoms with van der Waals surface area (Å²) in [6.07, 6.45) is 3.79. The quantitative estimate of drug-likeness (QED) is 0.673. The minimum atomic E-state index is -1.08. The van der Waals surface area contributed by atoms with Gasteiger partial charge in [-0.1, -0.05) is 0 Å². The van der Waals surface area contributed by atoms with Crippen LogP contribution in [-0.2, 0) is 0 Å². The second-order valence-electron chi connectivity index (χ2n) is 2.47. The van der Waals surface area contributed by atoms with Gasteiger partial charge in [-0.05, 0) is 12.1 Å². The lowest BCUT2D eigenvalue weighted by atomic mass is 10.2. The zero-order valence-electron chi connectivity index (χ0n) is 7.14. The van der Waals surface area contributed by atoms with Gasteiger partial charge in [-0.2, -0.15) is 5.26 Å². The number of aromatic nitrogens is 1. The summed E-state index contributed by atoms with van der Waals surface area (Å²) in [4.78, 5) is 14.3. The van der Waals surface area contributed by atoms with Crippen molar-refractivity contribution in [3.63, 3.8) is 0 Å². The Morgan fingerprint density at radius 3 is 3.00 bits per heavy atom. The number of anilines is 1. The highest BCUT2D eigenvalue weighted by Crippen LogP contribution is 2.12. The summed E-state index contributed by atoms with van der Waals surface area (Å²) in [6, 6.07) is 3.14. The lowest BCUT2D eigenvalue weighted by Crippen LogP contribution is -2.01. The first-order valence-corrected chi connectivity index (χ1v) is 3.70. The molecule has 0 aliphatic carbocycles. The number of hydrogen-bond donors (Lipinski definition) is 2. The summed E-state index contributed by atoms with van der Waals surface area (Å²) in [6.45, 7) is 0. The number of pyridine rings is 1. The molecule has 0 fully saturated rings. The first-order chi connectivity index (χ1) is 6.65. The van der Waals surface area contributed by atoms with Crippen LogP contribution in [0.5, 0.6) is 0 Å². The van der Waals surface area contributed by atoms with Crippen molar-refractivity contribution in [2.45, 2.75) is 0 Å². The highest BCUT2D eigenvalue weighted by atomic mass is 16.4. The molecule has 0 radical (unpaired) electrons. The number of hydrogen-bond acceptors (Lipinski definition) is 4. The number of carboxylic acid groups (broad SMARTS) is 1. The van der Waals surface area contributed by atoms with Crippen LogP contribution in [0, 0.1) is 11.3 Å². The zero-order chi connectivity index (χ0) is 10.6. The molecule has 0 aliphatic heterocycles. The van der Waals surface area contributed by atoms with E-state index in [1.807, 2.05) is 0 Å². The van der Waals surface area contributed by atoms with Crippen LogP contribution < -0.4 is 5.73 Å². The maximum atomic E-state index is 10.6. The van der Waals surface area contributed by atoms with Gasteiger partial charge in [0, 0.05) is 17.8 Å². The summed E-state index contributed by atoms with van der Waals surface area (Å²) < 4.78 is 0. The molecule has 1 heterocycles. The normalized spacial score (nSPS) is 9.93. The third kappa shape index (κ3) is 2.08. The van der Waals surface area contributed by atoms with E-state index in [0.717, 1.165) is 0 Å². The molecule has 0 unspecified atom stereocenters. The van der Waals surface area contributed by atoms with Crippen LogP contribution in [0.2, 0.25) is 0 Å². The molecule has 0 bridgehead atoms. The molecule has 5 heteroatoms. The summed E-state index contributed by atoms with van der Waals surface area (Å²) in [5.74, 6) is -0.884. The van der Waals surface area contributed by atoms with Gasteiger partial charge in [0.15, 0.2) is 0 Å². The Kier molecular flexibility index (Phi) is 2.82. The number of nitrogens with zero attached hydrogens (tertiary/aromatic N) is 2. The Labute approximate surface area is 80.1 Å². The van der Waals surface area contributed by atoms with Gasteiger partial charge in [-0.25, -0.2) is 9.78 Å². The van der Waals surface area contributed by atoms with Crippen LogP contribution in [0.15, 0.2) is 18.3 Å². The van der Waals surface area contributed by atoms with Gasteiger partial charge in [0.05, 0.1) is 11.6 Å². The highest BCUT2D eigenvalue weighted by molar-refractivity contribution is 5.88. The van der Waals surface area contributed by atoms with Crippen LogP contribution in [0.25, 0.3) is 6.08 Å². The number of aromatic carboxylic acids is 1. The van der Waals surface area contributed by atoms with Gasteiger partial charge in [-0.3, -0.25) is 0 Å². The predicted octanol–water partition coefficient (Wildman–Crippen LogP) is 0.899. The Bertz CT molecular complexity index is 432. The van der Waals surface area contributed by atoms with Crippen molar-refractivity contribution < 1.29 is 9.90 Å². The molecule has 3 N–H and O–H groups in total. The third-order valence-corrected chi connectivity index (χ3v) is 1.53. The lowest BCUT2D eigenvalue weighted by molar-refractivity contribution is 0.0696. The second-order valence-corrected chi connectivity index (χ2v) is 2.47. The average molecular weight is 189 g/mol. The molecular formula is C9H7N3O2. The molecule has 14 heavy (non-hydrogen) atoms. The first-order valence-electron chi connectivity index (χ1n) is 3.70. The Morgan fingerprint density at radius 1 is 1.71 bits per heavy atom. The maximum Gasteiger partial charge on any atom is 0.337 e.